The Bertz CT molecular complexity index is 377. The fourth-order valence-electron chi connectivity index (χ4n) is 1.29. The first-order valence-electron chi connectivity index (χ1n) is 5.98. The van der Waals surface area contributed by atoms with Crippen LogP contribution in [0.1, 0.15) is 19.0 Å². The van der Waals surface area contributed by atoms with Crippen LogP contribution >= 0.6 is 0 Å². The third kappa shape index (κ3) is 5.86. The normalized spacial score (nSPS) is 11.0. The second-order valence-corrected chi connectivity index (χ2v) is 3.65. The molecule has 7 heteroatoms. The van der Waals surface area contributed by atoms with Gasteiger partial charge in [0.2, 0.25) is 5.96 Å². The average molecular weight is 249 g/mol. The van der Waals surface area contributed by atoms with Crippen molar-refractivity contribution in [1.29, 1.82) is 5.26 Å². The summed E-state index contributed by atoms with van der Waals surface area (Å²) in [5.41, 5.74) is 1.05. The lowest BCUT2D eigenvalue weighted by atomic mass is 10.4. The number of aromatic nitrogens is 2. The van der Waals surface area contributed by atoms with Crippen LogP contribution in [0.2, 0.25) is 0 Å². The number of guanidine groups is 1. The number of nitrogens with one attached hydrogen (secondary N) is 4. The Balaban J connectivity index is 2.13. The van der Waals surface area contributed by atoms with Crippen molar-refractivity contribution < 1.29 is 0 Å². The summed E-state index contributed by atoms with van der Waals surface area (Å²) in [5.74, 6) is 0.530. The predicted molar refractivity (Wildman–Crippen MR) is 69.6 cm³/mol. The first-order valence-corrected chi connectivity index (χ1v) is 5.98. The number of aliphatic imine (C=N–C) groups is 1. The van der Waals surface area contributed by atoms with Gasteiger partial charge < -0.3 is 15.6 Å². The molecule has 0 aliphatic carbocycles. The van der Waals surface area contributed by atoms with E-state index in [1.807, 2.05) is 13.1 Å². The molecule has 0 aromatic carbocycles. The molecule has 1 aromatic heterocycles. The summed E-state index contributed by atoms with van der Waals surface area (Å²) in [5, 5.41) is 17.4. The van der Waals surface area contributed by atoms with Crippen molar-refractivity contribution in [3.8, 4) is 6.19 Å². The summed E-state index contributed by atoms with van der Waals surface area (Å²) in [6.45, 7) is 4.97. The predicted octanol–water partition coefficient (Wildman–Crippen LogP) is -0.0744. The van der Waals surface area contributed by atoms with Crippen molar-refractivity contribution in [3.05, 3.63) is 18.2 Å². The summed E-state index contributed by atoms with van der Waals surface area (Å²) in [4.78, 5) is 11.2. The second kappa shape index (κ2) is 9.01. The van der Waals surface area contributed by atoms with E-state index in [9.17, 15) is 0 Å². The van der Waals surface area contributed by atoms with Crippen molar-refractivity contribution in [2.24, 2.45) is 4.99 Å². The van der Waals surface area contributed by atoms with E-state index in [0.717, 1.165) is 25.2 Å². The number of nitriles is 1. The Morgan fingerprint density at radius 2 is 2.44 bits per heavy atom. The number of hydrogen-bond acceptors (Lipinski definition) is 4. The zero-order chi connectivity index (χ0) is 13.1. The molecule has 0 aliphatic rings. The molecule has 0 saturated heterocycles. The van der Waals surface area contributed by atoms with Gasteiger partial charge >= 0.3 is 0 Å². The maximum Gasteiger partial charge on any atom is 0.204 e. The molecule has 18 heavy (non-hydrogen) atoms. The van der Waals surface area contributed by atoms with E-state index in [1.165, 1.54) is 0 Å². The van der Waals surface area contributed by atoms with Gasteiger partial charge in [0.05, 0.1) is 6.33 Å². The van der Waals surface area contributed by atoms with Gasteiger partial charge in [-0.1, -0.05) is 6.92 Å². The van der Waals surface area contributed by atoms with Crippen LogP contribution in [-0.4, -0.2) is 35.6 Å². The zero-order valence-corrected chi connectivity index (χ0v) is 10.5. The molecule has 0 fully saturated rings. The van der Waals surface area contributed by atoms with Crippen LogP contribution in [0.25, 0.3) is 0 Å². The number of aromatic amines is 1. The summed E-state index contributed by atoms with van der Waals surface area (Å²) in [6, 6.07) is 0. The maximum atomic E-state index is 8.56. The summed E-state index contributed by atoms with van der Waals surface area (Å²) >= 11 is 0. The molecule has 0 atom stereocenters. The second-order valence-electron chi connectivity index (χ2n) is 3.65. The number of rotatable bonds is 7. The van der Waals surface area contributed by atoms with Crippen molar-refractivity contribution in [3.63, 3.8) is 0 Å². The largest absolute Gasteiger partial charge is 0.354 e. The first-order chi connectivity index (χ1) is 8.86. The fraction of sp³-hybridized carbons (Fsp3) is 0.545. The SMILES string of the molecule is CCCN=C(NC#N)NCCNCc1cnc[nH]1. The zero-order valence-electron chi connectivity index (χ0n) is 10.5. The highest BCUT2D eigenvalue weighted by Gasteiger charge is 1.96. The Morgan fingerprint density at radius 1 is 1.56 bits per heavy atom. The molecular formula is C11H19N7. The smallest absolute Gasteiger partial charge is 0.204 e. The van der Waals surface area contributed by atoms with E-state index < -0.39 is 0 Å². The number of nitrogens with zero attached hydrogens (tertiary/aromatic N) is 3. The molecule has 1 aromatic rings. The van der Waals surface area contributed by atoms with Crippen LogP contribution in [-0.2, 0) is 6.54 Å². The molecule has 0 amide bonds. The molecule has 1 rings (SSSR count). The molecule has 0 saturated carbocycles. The van der Waals surface area contributed by atoms with Crippen molar-refractivity contribution >= 4 is 5.96 Å². The molecule has 4 N–H and O–H groups in total. The molecule has 0 spiro atoms. The molecule has 1 heterocycles. The fourth-order valence-corrected chi connectivity index (χ4v) is 1.29. The molecule has 0 bridgehead atoms. The monoisotopic (exact) mass is 249 g/mol. The van der Waals surface area contributed by atoms with Gasteiger partial charge in [0, 0.05) is 38.1 Å². The average Bonchev–Trinajstić information content (AvgIpc) is 2.88. The van der Waals surface area contributed by atoms with E-state index in [4.69, 9.17) is 5.26 Å². The van der Waals surface area contributed by atoms with Gasteiger partial charge in [-0.15, -0.1) is 0 Å². The lowest BCUT2D eigenvalue weighted by Gasteiger charge is -2.08. The van der Waals surface area contributed by atoms with Crippen LogP contribution in [0.3, 0.4) is 0 Å². The molecule has 0 unspecified atom stereocenters. The van der Waals surface area contributed by atoms with Crippen molar-refractivity contribution in [1.82, 2.24) is 25.9 Å². The Kier molecular flexibility index (Phi) is 7.01. The Labute approximate surface area is 107 Å². The van der Waals surface area contributed by atoms with Gasteiger partial charge in [0.15, 0.2) is 6.19 Å². The van der Waals surface area contributed by atoms with Gasteiger partial charge in [0.1, 0.15) is 0 Å². The highest BCUT2D eigenvalue weighted by Crippen LogP contribution is 1.87. The van der Waals surface area contributed by atoms with E-state index >= 15 is 0 Å². The Hall–Kier alpha value is -2.07. The third-order valence-corrected chi connectivity index (χ3v) is 2.13. The molecule has 0 radical (unpaired) electrons. The third-order valence-electron chi connectivity index (χ3n) is 2.13. The van der Waals surface area contributed by atoms with Crippen LogP contribution in [0, 0.1) is 11.5 Å². The van der Waals surface area contributed by atoms with Crippen LogP contribution < -0.4 is 16.0 Å². The molecule has 7 nitrogen and oxygen atoms in total. The molecular weight excluding hydrogens is 230 g/mol. The molecule has 0 aliphatic heterocycles. The summed E-state index contributed by atoms with van der Waals surface area (Å²) in [7, 11) is 0. The summed E-state index contributed by atoms with van der Waals surface area (Å²) < 4.78 is 0. The standard InChI is InChI=1S/C11H19N7/c1-2-3-15-11(17-8-12)16-5-4-13-6-10-7-14-9-18-10/h7,9,13H,2-6H2,1H3,(H,14,18)(H2,15,16,17). The van der Waals surface area contributed by atoms with E-state index in [-0.39, 0.29) is 0 Å². The minimum Gasteiger partial charge on any atom is -0.354 e. The lowest BCUT2D eigenvalue weighted by Crippen LogP contribution is -2.38. The number of hydrogen-bond donors (Lipinski definition) is 4. The highest BCUT2D eigenvalue weighted by molar-refractivity contribution is 5.81. The van der Waals surface area contributed by atoms with E-state index in [1.54, 1.807) is 12.5 Å². The van der Waals surface area contributed by atoms with Crippen molar-refractivity contribution in [2.45, 2.75) is 19.9 Å². The quantitative estimate of drug-likeness (QED) is 0.178. The minimum atomic E-state index is 0.530. The van der Waals surface area contributed by atoms with Gasteiger partial charge in [-0.05, 0) is 6.42 Å². The number of imidazole rings is 1. The summed E-state index contributed by atoms with van der Waals surface area (Å²) in [6.07, 6.45) is 6.26. The number of H-pyrrole nitrogens is 1. The van der Waals surface area contributed by atoms with Gasteiger partial charge in [-0.2, -0.15) is 5.26 Å². The van der Waals surface area contributed by atoms with Crippen LogP contribution in [0.4, 0.5) is 0 Å². The van der Waals surface area contributed by atoms with E-state index in [0.29, 0.717) is 19.0 Å². The Morgan fingerprint density at radius 3 is 3.11 bits per heavy atom. The topological polar surface area (TPSA) is 101 Å². The van der Waals surface area contributed by atoms with Gasteiger partial charge in [0.25, 0.3) is 0 Å². The molecule has 98 valence electrons. The lowest BCUT2D eigenvalue weighted by molar-refractivity contribution is 0.659. The highest BCUT2D eigenvalue weighted by atomic mass is 15.2. The van der Waals surface area contributed by atoms with Crippen molar-refractivity contribution in [2.75, 3.05) is 19.6 Å². The van der Waals surface area contributed by atoms with Crippen LogP contribution in [0.5, 0.6) is 0 Å². The van der Waals surface area contributed by atoms with E-state index in [2.05, 4.69) is 30.9 Å². The van der Waals surface area contributed by atoms with Gasteiger partial charge in [-0.3, -0.25) is 10.3 Å². The van der Waals surface area contributed by atoms with Gasteiger partial charge in [-0.25, -0.2) is 4.98 Å². The first kappa shape index (κ1) is 14.0. The maximum absolute atomic E-state index is 8.56. The minimum absolute atomic E-state index is 0.530. The van der Waals surface area contributed by atoms with Crippen LogP contribution in [0.15, 0.2) is 17.5 Å².